The molecule has 122 valence electrons. The van der Waals surface area contributed by atoms with Gasteiger partial charge < -0.3 is 0 Å². The summed E-state index contributed by atoms with van der Waals surface area (Å²) in [5, 5.41) is 0. The van der Waals surface area contributed by atoms with Gasteiger partial charge in [-0.2, -0.15) is 0 Å². The molecule has 0 unspecified atom stereocenters. The molecule has 2 aromatic carbocycles. The topological polar surface area (TPSA) is 58.2 Å². The number of hydrogen-bond donors (Lipinski definition) is 2. The summed E-state index contributed by atoms with van der Waals surface area (Å²) in [7, 11) is 0. The molecule has 2 saturated carbocycles. The van der Waals surface area contributed by atoms with E-state index in [4.69, 9.17) is 0 Å². The van der Waals surface area contributed by atoms with Crippen molar-refractivity contribution in [3.05, 3.63) is 71.8 Å². The second-order valence-electron chi connectivity index (χ2n) is 6.70. The second-order valence-corrected chi connectivity index (χ2v) is 6.70. The van der Waals surface area contributed by atoms with Gasteiger partial charge in [0.05, 0.1) is 0 Å². The first kappa shape index (κ1) is 14.9. The molecule has 0 aliphatic heterocycles. The minimum Gasteiger partial charge on any atom is -0.273 e. The summed E-state index contributed by atoms with van der Waals surface area (Å²) in [5.41, 5.74) is 7.58. The number of carbonyl (C=O) groups excluding carboxylic acids is 2. The zero-order chi connectivity index (χ0) is 16.5. The molecule has 2 fully saturated rings. The maximum atomic E-state index is 12.2. The van der Waals surface area contributed by atoms with Crippen LogP contribution in [0.15, 0.2) is 60.7 Å². The standard InChI is InChI=1S/C20H20N2O2/c23-19(17-11-15(17)13-7-3-1-4-8-13)21-22-20(24)18-12-16(18)14-9-5-2-6-10-14/h1-10,15-18H,11-12H2,(H,21,23)(H,22,24)/t15-,16-,17-,18+/m1/s1. The third-order valence-corrected chi connectivity index (χ3v) is 5.02. The first-order valence-electron chi connectivity index (χ1n) is 8.43. The van der Waals surface area contributed by atoms with Gasteiger partial charge in [-0.15, -0.1) is 0 Å². The van der Waals surface area contributed by atoms with E-state index >= 15 is 0 Å². The zero-order valence-corrected chi connectivity index (χ0v) is 13.3. The fraction of sp³-hybridized carbons (Fsp3) is 0.300. The Labute approximate surface area is 141 Å². The fourth-order valence-corrected chi connectivity index (χ4v) is 3.42. The summed E-state index contributed by atoms with van der Waals surface area (Å²) in [6.45, 7) is 0. The van der Waals surface area contributed by atoms with Crippen LogP contribution in [0, 0.1) is 11.8 Å². The quantitative estimate of drug-likeness (QED) is 0.851. The molecule has 4 rings (SSSR count). The van der Waals surface area contributed by atoms with Gasteiger partial charge >= 0.3 is 0 Å². The van der Waals surface area contributed by atoms with E-state index < -0.39 is 0 Å². The number of rotatable bonds is 4. The molecule has 2 aliphatic carbocycles. The number of benzene rings is 2. The molecule has 0 bridgehead atoms. The molecular formula is C20H20N2O2. The van der Waals surface area contributed by atoms with Crippen molar-refractivity contribution in [2.45, 2.75) is 24.7 Å². The van der Waals surface area contributed by atoms with Crippen LogP contribution in [0.5, 0.6) is 0 Å². The van der Waals surface area contributed by atoms with Crippen LogP contribution in [0.25, 0.3) is 0 Å². The lowest BCUT2D eigenvalue weighted by Gasteiger charge is -2.07. The van der Waals surface area contributed by atoms with Gasteiger partial charge in [0.15, 0.2) is 0 Å². The Kier molecular flexibility index (Phi) is 3.81. The smallest absolute Gasteiger partial charge is 0.242 e. The molecule has 4 heteroatoms. The van der Waals surface area contributed by atoms with Crippen molar-refractivity contribution >= 4 is 11.8 Å². The average molecular weight is 320 g/mol. The van der Waals surface area contributed by atoms with Crippen LogP contribution < -0.4 is 10.9 Å². The first-order chi connectivity index (χ1) is 11.7. The predicted molar refractivity (Wildman–Crippen MR) is 90.9 cm³/mol. The molecule has 24 heavy (non-hydrogen) atoms. The summed E-state index contributed by atoms with van der Waals surface area (Å²) >= 11 is 0. The van der Waals surface area contributed by atoms with E-state index in [0.717, 1.165) is 12.8 Å². The summed E-state index contributed by atoms with van der Waals surface area (Å²) in [6.07, 6.45) is 1.70. The molecule has 2 amide bonds. The maximum Gasteiger partial charge on any atom is 0.242 e. The van der Waals surface area contributed by atoms with Crippen LogP contribution >= 0.6 is 0 Å². The molecule has 0 aromatic heterocycles. The molecule has 2 aliphatic rings. The van der Waals surface area contributed by atoms with Crippen LogP contribution in [-0.4, -0.2) is 11.8 Å². The molecule has 0 heterocycles. The van der Waals surface area contributed by atoms with Gasteiger partial charge in [-0.25, -0.2) is 0 Å². The van der Waals surface area contributed by atoms with E-state index in [1.165, 1.54) is 11.1 Å². The Morgan fingerprint density at radius 3 is 1.42 bits per heavy atom. The van der Waals surface area contributed by atoms with E-state index in [2.05, 4.69) is 10.9 Å². The largest absolute Gasteiger partial charge is 0.273 e. The van der Waals surface area contributed by atoms with E-state index in [0.29, 0.717) is 0 Å². The van der Waals surface area contributed by atoms with E-state index in [1.54, 1.807) is 0 Å². The van der Waals surface area contributed by atoms with Crippen LogP contribution in [0.3, 0.4) is 0 Å². The van der Waals surface area contributed by atoms with E-state index in [9.17, 15) is 9.59 Å². The van der Waals surface area contributed by atoms with Crippen molar-refractivity contribution < 1.29 is 9.59 Å². The van der Waals surface area contributed by atoms with Crippen molar-refractivity contribution in [2.75, 3.05) is 0 Å². The number of nitrogens with one attached hydrogen (secondary N) is 2. The summed E-state index contributed by atoms with van der Waals surface area (Å²) in [4.78, 5) is 24.3. The van der Waals surface area contributed by atoms with Gasteiger partial charge in [-0.3, -0.25) is 20.4 Å². The average Bonchev–Trinajstić information content (AvgIpc) is 3.54. The zero-order valence-electron chi connectivity index (χ0n) is 13.3. The summed E-state index contributed by atoms with van der Waals surface area (Å²) < 4.78 is 0. The minimum absolute atomic E-state index is 0.0307. The lowest BCUT2D eigenvalue weighted by atomic mass is 10.1. The Balaban J connectivity index is 1.25. The molecule has 0 saturated heterocycles. The number of hydrogen-bond acceptors (Lipinski definition) is 2. The molecule has 0 spiro atoms. The van der Waals surface area contributed by atoms with Gasteiger partial charge in [0.25, 0.3) is 0 Å². The summed E-state index contributed by atoms with van der Waals surface area (Å²) in [6, 6.07) is 20.1. The van der Waals surface area contributed by atoms with Crippen LogP contribution in [0.1, 0.15) is 35.8 Å². The highest BCUT2D eigenvalue weighted by atomic mass is 16.2. The normalized spacial score (nSPS) is 27.2. The van der Waals surface area contributed by atoms with Gasteiger partial charge in [0, 0.05) is 11.8 Å². The van der Waals surface area contributed by atoms with Crippen LogP contribution in [-0.2, 0) is 9.59 Å². The molecule has 4 nitrogen and oxygen atoms in total. The van der Waals surface area contributed by atoms with Crippen molar-refractivity contribution in [2.24, 2.45) is 11.8 Å². The number of amides is 2. The third-order valence-electron chi connectivity index (χ3n) is 5.02. The molecule has 2 aromatic rings. The van der Waals surface area contributed by atoms with Gasteiger partial charge in [-0.05, 0) is 35.8 Å². The first-order valence-corrected chi connectivity index (χ1v) is 8.43. The van der Waals surface area contributed by atoms with Gasteiger partial charge in [0.1, 0.15) is 0 Å². The fourth-order valence-electron chi connectivity index (χ4n) is 3.42. The van der Waals surface area contributed by atoms with Crippen LogP contribution in [0.2, 0.25) is 0 Å². The number of carbonyl (C=O) groups is 2. The lowest BCUT2D eigenvalue weighted by Crippen LogP contribution is -2.43. The molecule has 4 atom stereocenters. The molecule has 0 radical (unpaired) electrons. The Morgan fingerprint density at radius 1 is 0.667 bits per heavy atom. The molecular weight excluding hydrogens is 300 g/mol. The SMILES string of the molecule is O=C(NNC(=O)[C@@H]1C[C@@H]1c1ccccc1)[C@H]1C[C@@H]1c1ccccc1. The predicted octanol–water partition coefficient (Wildman–Crippen LogP) is 2.74. The highest BCUT2D eigenvalue weighted by Gasteiger charge is 2.46. The Bertz CT molecular complexity index is 679. The van der Waals surface area contributed by atoms with Gasteiger partial charge in [0.2, 0.25) is 11.8 Å². The third kappa shape index (κ3) is 3.04. The minimum atomic E-state index is -0.0888. The van der Waals surface area contributed by atoms with Crippen molar-refractivity contribution in [3.63, 3.8) is 0 Å². The van der Waals surface area contributed by atoms with Crippen molar-refractivity contribution in [3.8, 4) is 0 Å². The van der Waals surface area contributed by atoms with Gasteiger partial charge in [-0.1, -0.05) is 60.7 Å². The van der Waals surface area contributed by atoms with Crippen molar-refractivity contribution in [1.82, 2.24) is 10.9 Å². The summed E-state index contributed by atoms with van der Waals surface area (Å²) in [5.74, 6) is 0.319. The Morgan fingerprint density at radius 2 is 1.04 bits per heavy atom. The maximum absolute atomic E-state index is 12.2. The van der Waals surface area contributed by atoms with Crippen molar-refractivity contribution in [1.29, 1.82) is 0 Å². The lowest BCUT2D eigenvalue weighted by molar-refractivity contribution is -0.130. The Hall–Kier alpha value is -2.62. The van der Waals surface area contributed by atoms with E-state index in [1.807, 2.05) is 60.7 Å². The highest BCUT2D eigenvalue weighted by Crippen LogP contribution is 2.48. The highest BCUT2D eigenvalue weighted by molar-refractivity contribution is 5.88. The second kappa shape index (κ2) is 6.11. The number of hydrazine groups is 1. The van der Waals surface area contributed by atoms with Crippen LogP contribution in [0.4, 0.5) is 0 Å². The molecule has 2 N–H and O–H groups in total. The monoisotopic (exact) mass is 320 g/mol. The van der Waals surface area contributed by atoms with E-state index in [-0.39, 0.29) is 35.5 Å².